The van der Waals surface area contributed by atoms with Gasteiger partial charge in [0.15, 0.2) is 11.6 Å². The summed E-state index contributed by atoms with van der Waals surface area (Å²) in [7, 11) is 1.29. The van der Waals surface area contributed by atoms with E-state index in [-0.39, 0.29) is 36.2 Å². The van der Waals surface area contributed by atoms with Crippen LogP contribution in [-0.4, -0.2) is 52.7 Å². The van der Waals surface area contributed by atoms with Gasteiger partial charge in [-0.05, 0) is 37.5 Å². The summed E-state index contributed by atoms with van der Waals surface area (Å²) < 4.78 is 51.6. The van der Waals surface area contributed by atoms with Gasteiger partial charge in [0, 0.05) is 37.2 Å². The van der Waals surface area contributed by atoms with Crippen molar-refractivity contribution in [2.45, 2.75) is 69.0 Å². The zero-order valence-corrected chi connectivity index (χ0v) is 18.2. The van der Waals surface area contributed by atoms with Gasteiger partial charge < -0.3 is 10.5 Å². The zero-order chi connectivity index (χ0) is 22.9. The Morgan fingerprint density at radius 3 is 2.56 bits per heavy atom. The lowest BCUT2D eigenvalue weighted by Gasteiger charge is -2.38. The smallest absolute Gasteiger partial charge is 0.328 e. The molecule has 1 saturated heterocycles. The second-order valence-electron chi connectivity index (χ2n) is 9.79. The van der Waals surface area contributed by atoms with Crippen LogP contribution in [0.5, 0.6) is 0 Å². The van der Waals surface area contributed by atoms with E-state index in [4.69, 9.17) is 10.5 Å². The first-order valence-corrected chi connectivity index (χ1v) is 11.4. The van der Waals surface area contributed by atoms with Gasteiger partial charge in [-0.2, -0.15) is 0 Å². The summed E-state index contributed by atoms with van der Waals surface area (Å²) in [5.74, 6) is -4.73. The summed E-state index contributed by atoms with van der Waals surface area (Å²) in [6.07, 6.45) is 2.41. The standard InChI is InChI=1S/C22H29F3N4O3/c1-10-16-14(20(30)27-21(31)29(16)12-5-6-12)18(32-2)15(23)17(10)28-8-11-4-3-7-22(24,25)19(26)13(11)9-28/h10-13,17,19H,3-9,26H2,1-2H3,(H,27,30,31). The average molecular weight is 454 g/mol. The van der Waals surface area contributed by atoms with Gasteiger partial charge in [-0.1, -0.05) is 6.92 Å². The van der Waals surface area contributed by atoms with E-state index in [1.54, 1.807) is 11.5 Å². The van der Waals surface area contributed by atoms with Crippen molar-refractivity contribution in [1.82, 2.24) is 14.5 Å². The van der Waals surface area contributed by atoms with Crippen molar-refractivity contribution in [3.05, 3.63) is 37.9 Å². The fraction of sp³-hybridized carbons (Fsp3) is 0.727. The number of likely N-dealkylation sites (tertiary alicyclic amines) is 1. The average Bonchev–Trinajstić information content (AvgIpc) is 3.49. The number of ether oxygens (including phenoxy) is 1. The van der Waals surface area contributed by atoms with Crippen molar-refractivity contribution >= 4 is 5.76 Å². The van der Waals surface area contributed by atoms with Gasteiger partial charge in [0.25, 0.3) is 11.5 Å². The maximum Gasteiger partial charge on any atom is 0.328 e. The number of aromatic amines is 1. The van der Waals surface area contributed by atoms with Crippen molar-refractivity contribution < 1.29 is 17.9 Å². The van der Waals surface area contributed by atoms with Crippen LogP contribution in [0, 0.1) is 11.8 Å². The Morgan fingerprint density at radius 1 is 1.19 bits per heavy atom. The molecule has 3 aliphatic carbocycles. The highest BCUT2D eigenvalue weighted by Gasteiger charge is 2.53. The number of aromatic nitrogens is 2. The highest BCUT2D eigenvalue weighted by Crippen LogP contribution is 2.47. The number of hydrogen-bond donors (Lipinski definition) is 2. The Labute approximate surface area is 183 Å². The molecule has 176 valence electrons. The van der Waals surface area contributed by atoms with Crippen LogP contribution >= 0.6 is 0 Å². The quantitative estimate of drug-likeness (QED) is 0.731. The number of alkyl halides is 2. The molecule has 0 spiro atoms. The maximum absolute atomic E-state index is 15.8. The molecule has 2 heterocycles. The normalized spacial score (nSPS) is 34.8. The van der Waals surface area contributed by atoms with Crippen molar-refractivity contribution in [3.63, 3.8) is 0 Å². The number of fused-ring (bicyclic) bond motifs is 2. The molecule has 5 unspecified atom stereocenters. The Balaban J connectivity index is 1.58. The Bertz CT molecular complexity index is 1080. The predicted molar refractivity (Wildman–Crippen MR) is 112 cm³/mol. The van der Waals surface area contributed by atoms with E-state index in [0.29, 0.717) is 25.1 Å². The third-order valence-electron chi connectivity index (χ3n) is 7.85. The number of rotatable bonds is 3. The van der Waals surface area contributed by atoms with E-state index < -0.39 is 46.9 Å². The lowest BCUT2D eigenvalue weighted by Crippen LogP contribution is -2.49. The Kier molecular flexibility index (Phi) is 5.09. The van der Waals surface area contributed by atoms with Gasteiger partial charge in [0.05, 0.1) is 19.2 Å². The molecule has 0 amide bonds. The lowest BCUT2D eigenvalue weighted by molar-refractivity contribution is -0.0457. The molecule has 1 aromatic rings. The Morgan fingerprint density at radius 2 is 1.91 bits per heavy atom. The fourth-order valence-corrected chi connectivity index (χ4v) is 6.18. The molecule has 32 heavy (non-hydrogen) atoms. The molecule has 0 aromatic carbocycles. The minimum Gasteiger partial charge on any atom is -0.493 e. The van der Waals surface area contributed by atoms with Crippen molar-refractivity contribution in [3.8, 4) is 0 Å². The van der Waals surface area contributed by atoms with Gasteiger partial charge in [0.1, 0.15) is 5.56 Å². The summed E-state index contributed by atoms with van der Waals surface area (Å²) in [5, 5.41) is 0. The lowest BCUT2D eigenvalue weighted by atomic mass is 9.85. The number of halogens is 3. The first-order chi connectivity index (χ1) is 15.2. The van der Waals surface area contributed by atoms with E-state index in [1.165, 1.54) is 7.11 Å². The molecule has 1 aromatic heterocycles. The van der Waals surface area contributed by atoms with Gasteiger partial charge >= 0.3 is 5.69 Å². The van der Waals surface area contributed by atoms with Crippen LogP contribution in [0.4, 0.5) is 13.2 Å². The number of nitrogens with two attached hydrogens (primary N) is 1. The Hall–Kier alpha value is -2.07. The number of nitrogens with zero attached hydrogens (tertiary/aromatic N) is 2. The first-order valence-electron chi connectivity index (χ1n) is 11.4. The van der Waals surface area contributed by atoms with Crippen LogP contribution < -0.4 is 17.0 Å². The van der Waals surface area contributed by atoms with Crippen molar-refractivity contribution in [2.75, 3.05) is 20.2 Å². The third-order valence-corrected chi connectivity index (χ3v) is 7.85. The maximum atomic E-state index is 15.8. The van der Waals surface area contributed by atoms with Crippen LogP contribution in [0.15, 0.2) is 15.4 Å². The van der Waals surface area contributed by atoms with E-state index >= 15 is 4.39 Å². The summed E-state index contributed by atoms with van der Waals surface area (Å²) in [6, 6.07) is -2.11. The molecule has 0 bridgehead atoms. The van der Waals surface area contributed by atoms with Crippen LogP contribution in [0.2, 0.25) is 0 Å². The highest BCUT2D eigenvalue weighted by atomic mass is 19.3. The van der Waals surface area contributed by atoms with Crippen LogP contribution in [-0.2, 0) is 4.74 Å². The SMILES string of the molecule is COC1=C(F)C(N2CC3CCCC(F)(F)C(N)C3C2)C(C)c2c1c(=O)[nH]c(=O)n2C1CC1. The summed E-state index contributed by atoms with van der Waals surface area (Å²) >= 11 is 0. The molecule has 2 saturated carbocycles. The van der Waals surface area contributed by atoms with Crippen LogP contribution in [0.3, 0.4) is 0 Å². The molecule has 7 nitrogen and oxygen atoms in total. The van der Waals surface area contributed by atoms with Gasteiger partial charge in [0.2, 0.25) is 0 Å². The van der Waals surface area contributed by atoms with Crippen LogP contribution in [0.1, 0.15) is 62.2 Å². The summed E-state index contributed by atoms with van der Waals surface area (Å²) in [5.41, 5.74) is 5.34. The fourth-order valence-electron chi connectivity index (χ4n) is 6.18. The zero-order valence-electron chi connectivity index (χ0n) is 18.2. The van der Waals surface area contributed by atoms with Gasteiger partial charge in [-0.15, -0.1) is 0 Å². The number of nitrogens with one attached hydrogen (secondary N) is 1. The summed E-state index contributed by atoms with van der Waals surface area (Å²) in [6.45, 7) is 2.48. The number of hydrogen-bond acceptors (Lipinski definition) is 5. The monoisotopic (exact) mass is 454 g/mol. The molecule has 0 radical (unpaired) electrons. The van der Waals surface area contributed by atoms with E-state index in [9.17, 15) is 18.4 Å². The predicted octanol–water partition coefficient (Wildman–Crippen LogP) is 2.34. The second-order valence-corrected chi connectivity index (χ2v) is 9.79. The molecule has 3 N–H and O–H groups in total. The van der Waals surface area contributed by atoms with Crippen LogP contribution in [0.25, 0.3) is 5.76 Å². The molecule has 10 heteroatoms. The highest BCUT2D eigenvalue weighted by molar-refractivity contribution is 5.67. The molecule has 5 rings (SSSR count). The minimum absolute atomic E-state index is 0.0350. The molecule has 4 aliphatic rings. The van der Waals surface area contributed by atoms with Gasteiger partial charge in [-0.3, -0.25) is 19.2 Å². The first kappa shape index (κ1) is 21.8. The number of H-pyrrole nitrogens is 1. The van der Waals surface area contributed by atoms with Gasteiger partial charge in [-0.25, -0.2) is 18.0 Å². The topological polar surface area (TPSA) is 93.3 Å². The largest absolute Gasteiger partial charge is 0.493 e. The second kappa shape index (κ2) is 7.48. The molecular formula is C22H29F3N4O3. The minimum atomic E-state index is -2.94. The van der Waals surface area contributed by atoms with Crippen molar-refractivity contribution in [1.29, 1.82) is 0 Å². The third kappa shape index (κ3) is 3.17. The molecule has 1 aliphatic heterocycles. The summed E-state index contributed by atoms with van der Waals surface area (Å²) in [4.78, 5) is 29.5. The number of methoxy groups -OCH3 is 1. The molecule has 3 fully saturated rings. The van der Waals surface area contributed by atoms with E-state index in [1.807, 2.05) is 4.90 Å². The van der Waals surface area contributed by atoms with E-state index in [0.717, 1.165) is 12.8 Å². The van der Waals surface area contributed by atoms with E-state index in [2.05, 4.69) is 4.98 Å². The molecule has 5 atom stereocenters. The molecular weight excluding hydrogens is 425 g/mol. The van der Waals surface area contributed by atoms with Crippen molar-refractivity contribution in [2.24, 2.45) is 17.6 Å².